The minimum Gasteiger partial charge on any atom is -0.492 e. The van der Waals surface area contributed by atoms with E-state index in [-0.39, 0.29) is 5.91 Å². The number of nitrogens with zero attached hydrogens (tertiary/aromatic N) is 2. The summed E-state index contributed by atoms with van der Waals surface area (Å²) < 4.78 is 5.40. The number of methoxy groups -OCH3 is 1. The van der Waals surface area contributed by atoms with Crippen LogP contribution in [-0.4, -0.2) is 55.8 Å². The van der Waals surface area contributed by atoms with Crippen molar-refractivity contribution in [2.24, 2.45) is 0 Å². The molecule has 0 spiro atoms. The van der Waals surface area contributed by atoms with Crippen LogP contribution in [0.4, 0.5) is 10.7 Å². The highest BCUT2D eigenvalue weighted by Crippen LogP contribution is 2.46. The molecule has 1 aromatic heterocycles. The molecule has 0 radical (unpaired) electrons. The maximum Gasteiger partial charge on any atom is 0.265 e. The number of nitrogens with two attached hydrogens (primary N) is 1. The van der Waals surface area contributed by atoms with E-state index in [4.69, 9.17) is 10.5 Å². The van der Waals surface area contributed by atoms with E-state index < -0.39 is 5.60 Å². The standard InChI is InChI=1S/C14H23N3O3S/c1-14(19)6-5-7-17(8-14)13-10(20-4)9(15)11(21-13)12(18)16(2)3/h19H,5-8,15H2,1-4H3. The lowest BCUT2D eigenvalue weighted by Gasteiger charge is -2.37. The van der Waals surface area contributed by atoms with E-state index in [0.717, 1.165) is 24.4 Å². The molecule has 1 aromatic rings. The zero-order valence-electron chi connectivity index (χ0n) is 13.0. The van der Waals surface area contributed by atoms with Gasteiger partial charge in [0.15, 0.2) is 5.75 Å². The average molecular weight is 313 g/mol. The van der Waals surface area contributed by atoms with Crippen LogP contribution in [0.5, 0.6) is 5.75 Å². The highest BCUT2D eigenvalue weighted by Gasteiger charge is 2.33. The van der Waals surface area contributed by atoms with Crippen LogP contribution in [-0.2, 0) is 0 Å². The van der Waals surface area contributed by atoms with E-state index in [1.165, 1.54) is 16.2 Å². The summed E-state index contributed by atoms with van der Waals surface area (Å²) in [6.07, 6.45) is 1.67. The van der Waals surface area contributed by atoms with Gasteiger partial charge in [-0.1, -0.05) is 0 Å². The molecule has 1 saturated heterocycles. The normalized spacial score (nSPS) is 22.2. The molecule has 0 bridgehead atoms. The molecule has 118 valence electrons. The highest BCUT2D eigenvalue weighted by molar-refractivity contribution is 7.19. The first kappa shape index (κ1) is 15.9. The minimum atomic E-state index is -0.728. The van der Waals surface area contributed by atoms with Crippen LogP contribution in [0.3, 0.4) is 0 Å². The van der Waals surface area contributed by atoms with Crippen molar-refractivity contribution in [2.45, 2.75) is 25.4 Å². The predicted octanol–water partition coefficient (Wildman–Crippen LogP) is 1.39. The molecule has 1 aliphatic rings. The Hall–Kier alpha value is -1.47. The number of carbonyl (C=O) groups is 1. The van der Waals surface area contributed by atoms with Gasteiger partial charge < -0.3 is 25.4 Å². The number of ether oxygens (including phenoxy) is 1. The largest absolute Gasteiger partial charge is 0.492 e. The molecule has 2 heterocycles. The lowest BCUT2D eigenvalue weighted by atomic mass is 9.95. The smallest absolute Gasteiger partial charge is 0.265 e. The van der Waals surface area contributed by atoms with Gasteiger partial charge in [-0.15, -0.1) is 11.3 Å². The lowest BCUT2D eigenvalue weighted by molar-refractivity contribution is 0.0450. The van der Waals surface area contributed by atoms with Crippen molar-refractivity contribution in [1.82, 2.24) is 4.90 Å². The van der Waals surface area contributed by atoms with Gasteiger partial charge in [0.25, 0.3) is 5.91 Å². The Kier molecular flexibility index (Phi) is 4.34. The van der Waals surface area contributed by atoms with Crippen molar-refractivity contribution in [1.29, 1.82) is 0 Å². The van der Waals surface area contributed by atoms with E-state index in [9.17, 15) is 9.90 Å². The van der Waals surface area contributed by atoms with E-state index in [2.05, 4.69) is 4.90 Å². The Morgan fingerprint density at radius 2 is 2.19 bits per heavy atom. The quantitative estimate of drug-likeness (QED) is 0.881. The monoisotopic (exact) mass is 313 g/mol. The van der Waals surface area contributed by atoms with Crippen molar-refractivity contribution in [3.8, 4) is 5.75 Å². The molecule has 6 nitrogen and oxygen atoms in total. The molecular weight excluding hydrogens is 290 g/mol. The summed E-state index contributed by atoms with van der Waals surface area (Å²) in [6.45, 7) is 3.16. The fraction of sp³-hybridized carbons (Fsp3) is 0.643. The zero-order valence-corrected chi connectivity index (χ0v) is 13.8. The maximum absolute atomic E-state index is 12.2. The minimum absolute atomic E-state index is 0.134. The number of anilines is 2. The Morgan fingerprint density at radius 3 is 2.71 bits per heavy atom. The SMILES string of the molecule is COc1c(N2CCCC(C)(O)C2)sc(C(=O)N(C)C)c1N. The van der Waals surface area contributed by atoms with Crippen LogP contribution >= 0.6 is 11.3 Å². The third-order valence-corrected chi connectivity index (χ3v) is 4.88. The third-order valence-electron chi connectivity index (χ3n) is 3.65. The van der Waals surface area contributed by atoms with Gasteiger partial charge >= 0.3 is 0 Å². The lowest BCUT2D eigenvalue weighted by Crippen LogP contribution is -2.46. The van der Waals surface area contributed by atoms with Gasteiger partial charge in [0.05, 0.1) is 12.7 Å². The number of hydrogen-bond donors (Lipinski definition) is 2. The molecule has 7 heteroatoms. The number of piperidine rings is 1. The van der Waals surface area contributed by atoms with Crippen molar-refractivity contribution in [2.75, 3.05) is 44.9 Å². The summed E-state index contributed by atoms with van der Waals surface area (Å²) in [5.74, 6) is 0.397. The van der Waals surface area contributed by atoms with Crippen LogP contribution in [0, 0.1) is 0 Å². The molecule has 1 atom stereocenters. The molecule has 21 heavy (non-hydrogen) atoms. The van der Waals surface area contributed by atoms with Gasteiger partial charge in [-0.3, -0.25) is 4.79 Å². The number of aliphatic hydroxyl groups is 1. The van der Waals surface area contributed by atoms with Gasteiger partial charge in [-0.25, -0.2) is 0 Å². The average Bonchev–Trinajstić information content (AvgIpc) is 2.73. The summed E-state index contributed by atoms with van der Waals surface area (Å²) >= 11 is 1.33. The van der Waals surface area contributed by atoms with Gasteiger partial charge in [0, 0.05) is 27.2 Å². The summed E-state index contributed by atoms with van der Waals surface area (Å²) in [7, 11) is 4.94. The first-order chi connectivity index (χ1) is 9.76. The molecular formula is C14H23N3O3S. The number of amides is 1. The van der Waals surface area contributed by atoms with Crippen LogP contribution in [0.1, 0.15) is 29.4 Å². The van der Waals surface area contributed by atoms with Crippen molar-refractivity contribution < 1.29 is 14.6 Å². The number of thiophene rings is 1. The van der Waals surface area contributed by atoms with Crippen molar-refractivity contribution >= 4 is 27.9 Å². The van der Waals surface area contributed by atoms with E-state index in [1.54, 1.807) is 21.2 Å². The number of β-amino-alcohol motifs (C(OH)–C–C–N with tert-alkyl or cyclic N) is 1. The third kappa shape index (κ3) is 3.08. The first-order valence-corrected chi connectivity index (χ1v) is 7.73. The molecule has 1 amide bonds. The van der Waals surface area contributed by atoms with Crippen LogP contribution < -0.4 is 15.4 Å². The molecule has 1 unspecified atom stereocenters. The van der Waals surface area contributed by atoms with Crippen molar-refractivity contribution in [3.05, 3.63) is 4.88 Å². The zero-order chi connectivity index (χ0) is 15.8. The fourth-order valence-electron chi connectivity index (χ4n) is 2.58. The van der Waals surface area contributed by atoms with Gasteiger partial charge in [-0.05, 0) is 19.8 Å². The Labute approximate surface area is 129 Å². The molecule has 0 saturated carbocycles. The molecule has 2 rings (SSSR count). The molecule has 1 fully saturated rings. The molecule has 0 aliphatic carbocycles. The second-order valence-electron chi connectivity index (χ2n) is 5.90. The molecule has 0 aromatic carbocycles. The Balaban J connectivity index is 2.39. The van der Waals surface area contributed by atoms with Crippen molar-refractivity contribution in [3.63, 3.8) is 0 Å². The number of nitrogen functional groups attached to an aromatic ring is 1. The summed E-state index contributed by atoms with van der Waals surface area (Å²) in [4.78, 5) is 16.2. The van der Waals surface area contributed by atoms with Crippen LogP contribution in [0.25, 0.3) is 0 Å². The number of carbonyl (C=O) groups excluding carboxylic acids is 1. The van der Waals surface area contributed by atoms with E-state index >= 15 is 0 Å². The summed E-state index contributed by atoms with van der Waals surface area (Å²) in [5.41, 5.74) is 5.72. The Morgan fingerprint density at radius 1 is 1.52 bits per heavy atom. The topological polar surface area (TPSA) is 79.0 Å². The second kappa shape index (κ2) is 5.73. The predicted molar refractivity (Wildman–Crippen MR) is 85.4 cm³/mol. The first-order valence-electron chi connectivity index (χ1n) is 6.92. The molecule has 3 N–H and O–H groups in total. The second-order valence-corrected chi connectivity index (χ2v) is 6.90. The molecule has 1 aliphatic heterocycles. The fourth-order valence-corrected chi connectivity index (χ4v) is 3.81. The number of hydrogen-bond acceptors (Lipinski definition) is 6. The summed E-state index contributed by atoms with van der Waals surface area (Å²) in [5, 5.41) is 11.1. The highest BCUT2D eigenvalue weighted by atomic mass is 32.1. The Bertz CT molecular complexity index is 540. The van der Waals surface area contributed by atoms with Crippen LogP contribution in [0.2, 0.25) is 0 Å². The van der Waals surface area contributed by atoms with Crippen LogP contribution in [0.15, 0.2) is 0 Å². The van der Waals surface area contributed by atoms with E-state index in [0.29, 0.717) is 22.9 Å². The summed E-state index contributed by atoms with van der Waals surface area (Å²) in [6, 6.07) is 0. The maximum atomic E-state index is 12.2. The van der Waals surface area contributed by atoms with E-state index in [1.807, 2.05) is 6.92 Å². The van der Waals surface area contributed by atoms with Gasteiger partial charge in [0.2, 0.25) is 0 Å². The number of rotatable bonds is 3. The van der Waals surface area contributed by atoms with Gasteiger partial charge in [0.1, 0.15) is 15.6 Å². The van der Waals surface area contributed by atoms with Gasteiger partial charge in [-0.2, -0.15) is 0 Å².